The molecule has 1 aromatic carbocycles. The molecule has 2 fully saturated rings. The smallest absolute Gasteiger partial charge is 0.0615 e. The van der Waals surface area contributed by atoms with Crippen molar-refractivity contribution in [1.29, 1.82) is 0 Å². The van der Waals surface area contributed by atoms with Crippen LogP contribution in [0, 0.1) is 5.92 Å². The zero-order valence-corrected chi connectivity index (χ0v) is 12.6. The molecule has 0 radical (unpaired) electrons. The molecule has 1 N–H and O–H groups in total. The molecule has 0 amide bonds. The molecule has 3 nitrogen and oxygen atoms in total. The van der Waals surface area contributed by atoms with Crippen LogP contribution in [0.3, 0.4) is 0 Å². The van der Waals surface area contributed by atoms with E-state index in [0.29, 0.717) is 18.1 Å². The highest BCUT2D eigenvalue weighted by atomic mass is 16.5. The SMILES string of the molecule is COCC(C)N1CC(c2ccccc2)NCC1C1CC1. The van der Waals surface area contributed by atoms with Gasteiger partial charge < -0.3 is 10.1 Å². The van der Waals surface area contributed by atoms with Crippen LogP contribution in [0.1, 0.15) is 31.4 Å². The fraction of sp³-hybridized carbons (Fsp3) is 0.647. The maximum Gasteiger partial charge on any atom is 0.0615 e. The normalized spacial score (nSPS) is 29.3. The number of methoxy groups -OCH3 is 1. The van der Waals surface area contributed by atoms with Crippen molar-refractivity contribution in [2.75, 3.05) is 26.8 Å². The van der Waals surface area contributed by atoms with Crippen LogP contribution < -0.4 is 5.32 Å². The van der Waals surface area contributed by atoms with Crippen molar-refractivity contribution in [1.82, 2.24) is 10.2 Å². The first kappa shape index (κ1) is 14.1. The Morgan fingerprint density at radius 2 is 2.05 bits per heavy atom. The number of nitrogens with zero attached hydrogens (tertiary/aromatic N) is 1. The Morgan fingerprint density at radius 1 is 1.30 bits per heavy atom. The summed E-state index contributed by atoms with van der Waals surface area (Å²) < 4.78 is 5.38. The molecule has 3 rings (SSSR count). The highest BCUT2D eigenvalue weighted by molar-refractivity contribution is 5.20. The quantitative estimate of drug-likeness (QED) is 0.892. The summed E-state index contributed by atoms with van der Waals surface area (Å²) in [5.74, 6) is 0.901. The third kappa shape index (κ3) is 3.05. The lowest BCUT2D eigenvalue weighted by molar-refractivity contribution is 0.0329. The standard InChI is InChI=1S/C17H26N2O/c1-13(12-20-2)19-11-16(14-6-4-3-5-7-14)18-10-17(19)15-8-9-15/h3-7,13,15-18H,8-12H2,1-2H3. The van der Waals surface area contributed by atoms with Crippen molar-refractivity contribution in [3.05, 3.63) is 35.9 Å². The van der Waals surface area contributed by atoms with E-state index < -0.39 is 0 Å². The van der Waals surface area contributed by atoms with Crippen molar-refractivity contribution in [2.45, 2.75) is 37.9 Å². The zero-order chi connectivity index (χ0) is 13.9. The van der Waals surface area contributed by atoms with Gasteiger partial charge in [0, 0.05) is 38.3 Å². The number of piperazine rings is 1. The van der Waals surface area contributed by atoms with Gasteiger partial charge in [-0.1, -0.05) is 30.3 Å². The lowest BCUT2D eigenvalue weighted by atomic mass is 9.98. The van der Waals surface area contributed by atoms with E-state index >= 15 is 0 Å². The molecule has 1 aromatic rings. The van der Waals surface area contributed by atoms with Crippen LogP contribution in [-0.4, -0.2) is 43.8 Å². The fourth-order valence-electron chi connectivity index (χ4n) is 3.46. The Labute approximate surface area is 122 Å². The summed E-state index contributed by atoms with van der Waals surface area (Å²) in [7, 11) is 1.81. The number of hydrogen-bond acceptors (Lipinski definition) is 3. The molecule has 2 aliphatic rings. The van der Waals surface area contributed by atoms with Crippen molar-refractivity contribution in [2.24, 2.45) is 5.92 Å². The minimum Gasteiger partial charge on any atom is -0.383 e. The van der Waals surface area contributed by atoms with Gasteiger partial charge in [0.15, 0.2) is 0 Å². The van der Waals surface area contributed by atoms with Crippen LogP contribution >= 0.6 is 0 Å². The molecular weight excluding hydrogens is 248 g/mol. The Morgan fingerprint density at radius 3 is 2.70 bits per heavy atom. The Balaban J connectivity index is 1.72. The molecule has 0 spiro atoms. The van der Waals surface area contributed by atoms with Gasteiger partial charge in [-0.25, -0.2) is 0 Å². The summed E-state index contributed by atoms with van der Waals surface area (Å²) in [6, 6.07) is 12.5. The lowest BCUT2D eigenvalue weighted by Gasteiger charge is -2.44. The predicted molar refractivity (Wildman–Crippen MR) is 81.7 cm³/mol. The number of hydrogen-bond donors (Lipinski definition) is 1. The maximum absolute atomic E-state index is 5.38. The molecule has 3 heteroatoms. The van der Waals surface area contributed by atoms with Gasteiger partial charge in [-0.3, -0.25) is 4.90 Å². The van der Waals surface area contributed by atoms with Gasteiger partial charge in [0.1, 0.15) is 0 Å². The second kappa shape index (κ2) is 6.25. The Hall–Kier alpha value is -0.900. The van der Waals surface area contributed by atoms with E-state index in [2.05, 4.69) is 47.5 Å². The van der Waals surface area contributed by atoms with Crippen LogP contribution in [0.25, 0.3) is 0 Å². The molecule has 20 heavy (non-hydrogen) atoms. The summed E-state index contributed by atoms with van der Waals surface area (Å²) in [5, 5.41) is 3.75. The molecule has 1 saturated heterocycles. The molecule has 3 atom stereocenters. The second-order valence-electron chi connectivity index (χ2n) is 6.28. The van der Waals surface area contributed by atoms with Crippen molar-refractivity contribution < 1.29 is 4.74 Å². The van der Waals surface area contributed by atoms with E-state index in [1.807, 2.05) is 0 Å². The third-order valence-electron chi connectivity index (χ3n) is 4.73. The van der Waals surface area contributed by atoms with Crippen LogP contribution in [0.5, 0.6) is 0 Å². The molecule has 1 aliphatic carbocycles. The van der Waals surface area contributed by atoms with Gasteiger partial charge in [0.2, 0.25) is 0 Å². The highest BCUT2D eigenvalue weighted by Crippen LogP contribution is 2.38. The highest BCUT2D eigenvalue weighted by Gasteiger charge is 2.40. The summed E-state index contributed by atoms with van der Waals surface area (Å²) in [5.41, 5.74) is 1.40. The van der Waals surface area contributed by atoms with Crippen molar-refractivity contribution >= 4 is 0 Å². The van der Waals surface area contributed by atoms with E-state index in [-0.39, 0.29) is 0 Å². The first-order valence-corrected chi connectivity index (χ1v) is 7.82. The van der Waals surface area contributed by atoms with E-state index in [1.165, 1.54) is 18.4 Å². The number of ether oxygens (including phenoxy) is 1. The van der Waals surface area contributed by atoms with Gasteiger partial charge in [0.25, 0.3) is 0 Å². The minimum absolute atomic E-state index is 0.450. The molecule has 110 valence electrons. The molecule has 1 aliphatic heterocycles. The van der Waals surface area contributed by atoms with Crippen LogP contribution in [-0.2, 0) is 4.74 Å². The van der Waals surface area contributed by atoms with Gasteiger partial charge in [-0.15, -0.1) is 0 Å². The third-order valence-corrected chi connectivity index (χ3v) is 4.73. The summed E-state index contributed by atoms with van der Waals surface area (Å²) >= 11 is 0. The van der Waals surface area contributed by atoms with Crippen LogP contribution in [0.15, 0.2) is 30.3 Å². The second-order valence-corrected chi connectivity index (χ2v) is 6.28. The van der Waals surface area contributed by atoms with E-state index in [4.69, 9.17) is 4.74 Å². The average molecular weight is 274 g/mol. The average Bonchev–Trinajstić information content (AvgIpc) is 3.32. The summed E-state index contributed by atoms with van der Waals surface area (Å²) in [6.07, 6.45) is 2.80. The maximum atomic E-state index is 5.38. The van der Waals surface area contributed by atoms with Crippen molar-refractivity contribution in [3.8, 4) is 0 Å². The molecule has 3 unspecified atom stereocenters. The van der Waals surface area contributed by atoms with E-state index in [1.54, 1.807) is 7.11 Å². The van der Waals surface area contributed by atoms with E-state index in [0.717, 1.165) is 25.6 Å². The Bertz CT molecular complexity index is 418. The van der Waals surface area contributed by atoms with Gasteiger partial charge in [-0.2, -0.15) is 0 Å². The molecule has 1 saturated carbocycles. The lowest BCUT2D eigenvalue weighted by Crippen LogP contribution is -2.57. The first-order valence-electron chi connectivity index (χ1n) is 7.82. The minimum atomic E-state index is 0.450. The van der Waals surface area contributed by atoms with Gasteiger partial charge in [-0.05, 0) is 31.2 Å². The van der Waals surface area contributed by atoms with E-state index in [9.17, 15) is 0 Å². The zero-order valence-electron chi connectivity index (χ0n) is 12.6. The van der Waals surface area contributed by atoms with Crippen LogP contribution in [0.2, 0.25) is 0 Å². The molecule has 0 bridgehead atoms. The Kier molecular flexibility index (Phi) is 4.39. The largest absolute Gasteiger partial charge is 0.383 e. The topological polar surface area (TPSA) is 24.5 Å². The monoisotopic (exact) mass is 274 g/mol. The number of rotatable bonds is 5. The molecule has 1 heterocycles. The fourth-order valence-corrected chi connectivity index (χ4v) is 3.46. The number of benzene rings is 1. The van der Waals surface area contributed by atoms with Gasteiger partial charge in [0.05, 0.1) is 6.61 Å². The summed E-state index contributed by atoms with van der Waals surface area (Å²) in [6.45, 7) is 5.32. The van der Waals surface area contributed by atoms with Crippen LogP contribution in [0.4, 0.5) is 0 Å². The molecular formula is C17H26N2O. The molecule has 0 aromatic heterocycles. The summed E-state index contributed by atoms with van der Waals surface area (Å²) in [4.78, 5) is 2.68. The van der Waals surface area contributed by atoms with Crippen molar-refractivity contribution in [3.63, 3.8) is 0 Å². The number of nitrogens with one attached hydrogen (secondary N) is 1. The predicted octanol–water partition coefficient (Wildman–Crippen LogP) is 2.45. The van der Waals surface area contributed by atoms with Gasteiger partial charge >= 0.3 is 0 Å². The first-order chi connectivity index (χ1) is 9.79.